The monoisotopic (exact) mass is 389 g/mol. The molecule has 0 saturated carbocycles. The van der Waals surface area contributed by atoms with Crippen LogP contribution < -0.4 is 11.1 Å². The summed E-state index contributed by atoms with van der Waals surface area (Å²) in [6, 6.07) is 5.17. The highest BCUT2D eigenvalue weighted by Crippen LogP contribution is 2.19. The minimum absolute atomic E-state index is 0.0147. The van der Waals surface area contributed by atoms with Gasteiger partial charge in [-0.2, -0.15) is 33.2 Å². The van der Waals surface area contributed by atoms with Crippen LogP contribution in [0.1, 0.15) is 5.69 Å². The Morgan fingerprint density at radius 2 is 1.96 bits per heavy atom. The predicted octanol–water partition coefficient (Wildman–Crippen LogP) is 2.14. The number of rotatable bonds is 5. The van der Waals surface area contributed by atoms with E-state index in [1.54, 1.807) is 18.7 Å². The molecule has 0 spiro atoms. The number of hydrogen-bond donors (Lipinski definition) is 2. The molecule has 0 bridgehead atoms. The van der Waals surface area contributed by atoms with Crippen molar-refractivity contribution in [2.75, 3.05) is 11.1 Å². The molecule has 9 nitrogen and oxygen atoms in total. The van der Waals surface area contributed by atoms with Crippen molar-refractivity contribution in [2.24, 2.45) is 0 Å². The highest BCUT2D eigenvalue weighted by atomic mass is 19.4. The van der Waals surface area contributed by atoms with E-state index in [0.29, 0.717) is 17.1 Å². The molecule has 12 heteroatoms. The fourth-order valence-electron chi connectivity index (χ4n) is 2.59. The van der Waals surface area contributed by atoms with Gasteiger partial charge in [0, 0.05) is 18.0 Å². The van der Waals surface area contributed by atoms with E-state index in [2.05, 4.69) is 30.4 Å². The molecule has 4 aromatic rings. The number of nitrogens with two attached hydrogens (primary N) is 1. The quantitative estimate of drug-likeness (QED) is 0.538. The lowest BCUT2D eigenvalue weighted by atomic mass is 10.2. The van der Waals surface area contributed by atoms with Crippen LogP contribution in [-0.2, 0) is 13.1 Å². The number of anilines is 2. The Balaban J connectivity index is 1.51. The zero-order chi connectivity index (χ0) is 19.7. The average molecular weight is 389 g/mol. The van der Waals surface area contributed by atoms with Crippen LogP contribution in [0.15, 0.2) is 43.1 Å². The first-order chi connectivity index (χ1) is 13.4. The number of halogens is 3. The summed E-state index contributed by atoms with van der Waals surface area (Å²) >= 11 is 0. The molecule has 0 aliphatic heterocycles. The molecular formula is C16H14F3N9. The smallest absolute Gasteiger partial charge is 0.368 e. The molecule has 3 N–H and O–H groups in total. The van der Waals surface area contributed by atoms with E-state index in [4.69, 9.17) is 5.73 Å². The molecule has 0 amide bonds. The van der Waals surface area contributed by atoms with Crippen molar-refractivity contribution < 1.29 is 13.2 Å². The molecule has 144 valence electrons. The van der Waals surface area contributed by atoms with Gasteiger partial charge in [-0.05, 0) is 18.2 Å². The molecule has 0 saturated heterocycles. The summed E-state index contributed by atoms with van der Waals surface area (Å²) in [7, 11) is 0. The number of alkyl halides is 3. The molecule has 0 radical (unpaired) electrons. The molecule has 0 fully saturated rings. The van der Waals surface area contributed by atoms with E-state index < -0.39 is 12.7 Å². The van der Waals surface area contributed by atoms with E-state index in [1.807, 2.05) is 16.5 Å². The third kappa shape index (κ3) is 4.00. The summed E-state index contributed by atoms with van der Waals surface area (Å²) in [6.07, 6.45) is 2.11. The third-order valence-corrected chi connectivity index (χ3v) is 3.78. The maximum absolute atomic E-state index is 12.4. The summed E-state index contributed by atoms with van der Waals surface area (Å²) in [5.41, 5.74) is 7.79. The van der Waals surface area contributed by atoms with Crippen LogP contribution in [0.5, 0.6) is 0 Å². The summed E-state index contributed by atoms with van der Waals surface area (Å²) in [6.45, 7) is -1.01. The first-order valence-electron chi connectivity index (χ1n) is 8.12. The molecule has 4 heterocycles. The standard InChI is InChI=1S/C16H14F3N9/c17-16(18,19)8-28-4-3-11(26-28)5-22-15-24-13(23-14(20)25-15)10-1-2-12-6-21-9-27(12)7-10/h1-4,6-7,9H,5,8H2,(H3,20,22,23,24,25). The van der Waals surface area contributed by atoms with Gasteiger partial charge in [0.2, 0.25) is 11.9 Å². The predicted molar refractivity (Wildman–Crippen MR) is 94.0 cm³/mol. The first-order valence-corrected chi connectivity index (χ1v) is 8.12. The third-order valence-electron chi connectivity index (χ3n) is 3.78. The van der Waals surface area contributed by atoms with Crippen molar-refractivity contribution in [3.63, 3.8) is 0 Å². The lowest BCUT2D eigenvalue weighted by molar-refractivity contribution is -0.142. The molecule has 0 aliphatic carbocycles. The van der Waals surface area contributed by atoms with Gasteiger partial charge in [-0.3, -0.25) is 4.68 Å². The lowest BCUT2D eigenvalue weighted by Gasteiger charge is -2.07. The molecule has 4 aromatic heterocycles. The van der Waals surface area contributed by atoms with Crippen LogP contribution in [-0.4, -0.2) is 40.3 Å². The van der Waals surface area contributed by atoms with Crippen molar-refractivity contribution in [1.29, 1.82) is 0 Å². The van der Waals surface area contributed by atoms with E-state index in [-0.39, 0.29) is 18.4 Å². The number of nitrogens with one attached hydrogen (secondary N) is 1. The van der Waals surface area contributed by atoms with Gasteiger partial charge in [0.25, 0.3) is 0 Å². The van der Waals surface area contributed by atoms with Crippen LogP contribution in [0.25, 0.3) is 16.9 Å². The van der Waals surface area contributed by atoms with Gasteiger partial charge in [0.15, 0.2) is 5.82 Å². The normalized spacial score (nSPS) is 11.8. The Kier molecular flexibility index (Phi) is 4.29. The van der Waals surface area contributed by atoms with Crippen LogP contribution in [0.3, 0.4) is 0 Å². The Morgan fingerprint density at radius 3 is 2.79 bits per heavy atom. The summed E-state index contributed by atoms with van der Waals surface area (Å²) < 4.78 is 39.9. The highest BCUT2D eigenvalue weighted by molar-refractivity contribution is 5.60. The van der Waals surface area contributed by atoms with Crippen molar-refractivity contribution in [3.05, 3.63) is 48.8 Å². The molecule has 0 unspecified atom stereocenters. The highest BCUT2D eigenvalue weighted by Gasteiger charge is 2.28. The SMILES string of the molecule is Nc1nc(NCc2ccn(CC(F)(F)F)n2)nc(-c2ccc3cncn3c2)n1. The minimum atomic E-state index is -4.33. The van der Waals surface area contributed by atoms with Crippen LogP contribution in [0.2, 0.25) is 0 Å². The second-order valence-corrected chi connectivity index (χ2v) is 5.96. The molecule has 0 atom stereocenters. The number of hydrogen-bond acceptors (Lipinski definition) is 7. The molecule has 4 rings (SSSR count). The Bertz CT molecular complexity index is 1120. The van der Waals surface area contributed by atoms with Crippen molar-refractivity contribution in [1.82, 2.24) is 34.1 Å². The fourth-order valence-corrected chi connectivity index (χ4v) is 2.59. The molecular weight excluding hydrogens is 375 g/mol. The topological polar surface area (TPSA) is 112 Å². The molecule has 28 heavy (non-hydrogen) atoms. The van der Waals surface area contributed by atoms with Gasteiger partial charge in [-0.15, -0.1) is 0 Å². The van der Waals surface area contributed by atoms with Crippen LogP contribution in [0.4, 0.5) is 25.1 Å². The lowest BCUT2D eigenvalue weighted by Crippen LogP contribution is -2.18. The maximum Gasteiger partial charge on any atom is 0.408 e. The largest absolute Gasteiger partial charge is 0.408 e. The number of nitrogens with zero attached hydrogens (tertiary/aromatic N) is 7. The average Bonchev–Trinajstić information content (AvgIpc) is 3.26. The van der Waals surface area contributed by atoms with E-state index >= 15 is 0 Å². The van der Waals surface area contributed by atoms with Crippen molar-refractivity contribution in [2.45, 2.75) is 19.3 Å². The Labute approximate surface area is 156 Å². The fraction of sp³-hybridized carbons (Fsp3) is 0.188. The second kappa shape index (κ2) is 6.79. The number of fused-ring (bicyclic) bond motifs is 1. The zero-order valence-corrected chi connectivity index (χ0v) is 14.3. The second-order valence-electron chi connectivity index (χ2n) is 5.96. The minimum Gasteiger partial charge on any atom is -0.368 e. The van der Waals surface area contributed by atoms with Crippen LogP contribution in [0, 0.1) is 0 Å². The molecule has 0 aromatic carbocycles. The van der Waals surface area contributed by atoms with Crippen molar-refractivity contribution >= 4 is 17.4 Å². The Morgan fingerprint density at radius 1 is 1.11 bits per heavy atom. The van der Waals surface area contributed by atoms with E-state index in [0.717, 1.165) is 10.2 Å². The number of aromatic nitrogens is 7. The Hall–Kier alpha value is -3.70. The van der Waals surface area contributed by atoms with Crippen molar-refractivity contribution in [3.8, 4) is 11.4 Å². The maximum atomic E-state index is 12.4. The van der Waals surface area contributed by atoms with Gasteiger partial charge in [0.05, 0.1) is 30.3 Å². The summed E-state index contributed by atoms with van der Waals surface area (Å²) in [5.74, 6) is 0.563. The number of pyridine rings is 1. The van der Waals surface area contributed by atoms with Gasteiger partial charge < -0.3 is 15.5 Å². The van der Waals surface area contributed by atoms with Crippen LogP contribution >= 0.6 is 0 Å². The molecule has 0 aliphatic rings. The van der Waals surface area contributed by atoms with Gasteiger partial charge in [0.1, 0.15) is 6.54 Å². The first kappa shape index (κ1) is 17.7. The zero-order valence-electron chi connectivity index (χ0n) is 14.3. The number of nitrogen functional groups attached to an aromatic ring is 1. The number of imidazole rings is 1. The van der Waals surface area contributed by atoms with Gasteiger partial charge in [-0.25, -0.2) is 4.98 Å². The van der Waals surface area contributed by atoms with E-state index in [9.17, 15) is 13.2 Å². The summed E-state index contributed by atoms with van der Waals surface area (Å²) in [5, 5.41) is 6.77. The summed E-state index contributed by atoms with van der Waals surface area (Å²) in [4.78, 5) is 16.5. The van der Waals surface area contributed by atoms with Gasteiger partial charge in [-0.1, -0.05) is 0 Å². The van der Waals surface area contributed by atoms with E-state index in [1.165, 1.54) is 12.3 Å². The van der Waals surface area contributed by atoms with Gasteiger partial charge >= 0.3 is 6.18 Å².